The van der Waals surface area contributed by atoms with Gasteiger partial charge in [0.25, 0.3) is 5.91 Å². The number of benzene rings is 1. The fraction of sp³-hybridized carbons (Fsp3) is 0.231. The number of aromatic nitrogens is 2. The first-order chi connectivity index (χ1) is 8.72. The number of nitrogens with one attached hydrogen (secondary N) is 1. The molecule has 0 saturated heterocycles. The molecule has 2 aromatic rings. The van der Waals surface area contributed by atoms with Crippen LogP contribution in [0.4, 0.5) is 0 Å². The normalized spacial score (nSPS) is 10.3. The van der Waals surface area contributed by atoms with Crippen LogP contribution in [0.1, 0.15) is 21.6 Å². The summed E-state index contributed by atoms with van der Waals surface area (Å²) in [5.41, 5.74) is 2.25. The number of amides is 1. The van der Waals surface area contributed by atoms with E-state index in [-0.39, 0.29) is 12.5 Å². The van der Waals surface area contributed by atoms with Crippen LogP contribution >= 0.6 is 0 Å². The molecule has 0 aliphatic rings. The average molecular weight is 245 g/mol. The van der Waals surface area contributed by atoms with Crippen LogP contribution in [-0.2, 0) is 20.2 Å². The lowest BCUT2D eigenvalue weighted by Crippen LogP contribution is -2.25. The summed E-state index contributed by atoms with van der Waals surface area (Å²) in [5, 5.41) is 15.9. The summed E-state index contributed by atoms with van der Waals surface area (Å²) in [6.07, 6.45) is 1.58. The monoisotopic (exact) mass is 245 g/mol. The molecule has 0 unspecified atom stereocenters. The van der Waals surface area contributed by atoms with E-state index in [1.807, 2.05) is 24.3 Å². The molecule has 1 amide bonds. The van der Waals surface area contributed by atoms with Gasteiger partial charge in [0, 0.05) is 19.8 Å². The molecule has 0 aliphatic carbocycles. The predicted octanol–water partition coefficient (Wildman–Crippen LogP) is 0.842. The van der Waals surface area contributed by atoms with E-state index in [9.17, 15) is 9.90 Å². The van der Waals surface area contributed by atoms with Crippen LogP contribution < -0.4 is 5.32 Å². The van der Waals surface area contributed by atoms with Crippen molar-refractivity contribution in [2.24, 2.45) is 7.05 Å². The highest BCUT2D eigenvalue weighted by atomic mass is 16.3. The zero-order chi connectivity index (χ0) is 13.0. The molecular weight excluding hydrogens is 230 g/mol. The van der Waals surface area contributed by atoms with Crippen LogP contribution in [0.2, 0.25) is 0 Å². The van der Waals surface area contributed by atoms with Crippen molar-refractivity contribution in [1.29, 1.82) is 0 Å². The Bertz CT molecular complexity index is 549. The van der Waals surface area contributed by atoms with Crippen molar-refractivity contribution in [3.63, 3.8) is 0 Å². The van der Waals surface area contributed by atoms with Crippen LogP contribution in [0.3, 0.4) is 0 Å². The number of carbonyl (C=O) groups excluding carboxylic acids is 1. The summed E-state index contributed by atoms with van der Waals surface area (Å²) >= 11 is 0. The lowest BCUT2D eigenvalue weighted by Gasteiger charge is -2.08. The highest BCUT2D eigenvalue weighted by Crippen LogP contribution is 2.08. The number of nitrogens with zero attached hydrogens (tertiary/aromatic N) is 2. The number of rotatable bonds is 4. The molecule has 0 saturated carbocycles. The summed E-state index contributed by atoms with van der Waals surface area (Å²) in [7, 11) is 1.72. The van der Waals surface area contributed by atoms with Crippen molar-refractivity contribution in [1.82, 2.24) is 15.1 Å². The highest BCUT2D eigenvalue weighted by molar-refractivity contribution is 5.92. The predicted molar refractivity (Wildman–Crippen MR) is 66.7 cm³/mol. The number of hydrogen-bond acceptors (Lipinski definition) is 3. The maximum Gasteiger partial charge on any atom is 0.269 e. The maximum absolute atomic E-state index is 11.9. The first-order valence-corrected chi connectivity index (χ1v) is 5.66. The smallest absolute Gasteiger partial charge is 0.269 e. The Morgan fingerprint density at radius 3 is 2.67 bits per heavy atom. The van der Waals surface area contributed by atoms with Gasteiger partial charge in [-0.25, -0.2) is 0 Å². The van der Waals surface area contributed by atoms with Gasteiger partial charge in [0.2, 0.25) is 0 Å². The third-order valence-corrected chi connectivity index (χ3v) is 2.78. The molecule has 0 spiro atoms. The van der Waals surface area contributed by atoms with Crippen molar-refractivity contribution in [2.75, 3.05) is 0 Å². The van der Waals surface area contributed by atoms with Crippen LogP contribution in [0.15, 0.2) is 36.5 Å². The zero-order valence-corrected chi connectivity index (χ0v) is 10.1. The Morgan fingerprint density at radius 1 is 1.33 bits per heavy atom. The minimum absolute atomic E-state index is 0.0300. The standard InChI is InChI=1S/C13H15N3O2/c1-16-12(6-7-15-16)13(18)14-8-10-4-2-3-5-11(10)9-17/h2-7,17H,8-9H2,1H3,(H,14,18). The molecule has 2 rings (SSSR count). The largest absolute Gasteiger partial charge is 0.392 e. The average Bonchev–Trinajstić information content (AvgIpc) is 2.82. The van der Waals surface area contributed by atoms with Gasteiger partial charge >= 0.3 is 0 Å². The molecule has 0 aliphatic heterocycles. The van der Waals surface area contributed by atoms with E-state index in [0.717, 1.165) is 11.1 Å². The van der Waals surface area contributed by atoms with Crippen LogP contribution in [0.25, 0.3) is 0 Å². The third-order valence-electron chi connectivity index (χ3n) is 2.78. The molecule has 0 atom stereocenters. The Balaban J connectivity index is 2.04. The van der Waals surface area contributed by atoms with Crippen molar-refractivity contribution < 1.29 is 9.90 Å². The second-order valence-corrected chi connectivity index (χ2v) is 3.95. The Hall–Kier alpha value is -2.14. The van der Waals surface area contributed by atoms with Gasteiger partial charge < -0.3 is 10.4 Å². The molecule has 18 heavy (non-hydrogen) atoms. The van der Waals surface area contributed by atoms with Gasteiger partial charge in [-0.15, -0.1) is 0 Å². The zero-order valence-electron chi connectivity index (χ0n) is 10.1. The van der Waals surface area contributed by atoms with Gasteiger partial charge in [0.1, 0.15) is 5.69 Å². The van der Waals surface area contributed by atoms with E-state index in [1.165, 1.54) is 4.68 Å². The Kier molecular flexibility index (Phi) is 3.74. The molecule has 5 heteroatoms. The second-order valence-electron chi connectivity index (χ2n) is 3.95. The molecule has 0 bridgehead atoms. The fourth-order valence-corrected chi connectivity index (χ4v) is 1.75. The molecule has 94 valence electrons. The molecule has 0 radical (unpaired) electrons. The SMILES string of the molecule is Cn1nccc1C(=O)NCc1ccccc1CO. The van der Waals surface area contributed by atoms with Crippen LogP contribution in [-0.4, -0.2) is 20.8 Å². The van der Waals surface area contributed by atoms with Gasteiger partial charge in [-0.1, -0.05) is 24.3 Å². The van der Waals surface area contributed by atoms with Crippen LogP contribution in [0.5, 0.6) is 0 Å². The van der Waals surface area contributed by atoms with Gasteiger partial charge in [-0.3, -0.25) is 9.48 Å². The lowest BCUT2D eigenvalue weighted by molar-refractivity contribution is 0.0941. The van der Waals surface area contributed by atoms with E-state index in [1.54, 1.807) is 19.3 Å². The van der Waals surface area contributed by atoms with E-state index in [2.05, 4.69) is 10.4 Å². The number of aliphatic hydroxyl groups is 1. The van der Waals surface area contributed by atoms with Gasteiger partial charge in [-0.2, -0.15) is 5.10 Å². The first kappa shape index (κ1) is 12.3. The molecule has 2 N–H and O–H groups in total. The molecule has 1 heterocycles. The number of carbonyl (C=O) groups is 1. The van der Waals surface area contributed by atoms with E-state index < -0.39 is 0 Å². The van der Waals surface area contributed by atoms with Crippen molar-refractivity contribution >= 4 is 5.91 Å². The topological polar surface area (TPSA) is 67.2 Å². The summed E-state index contributed by atoms with van der Waals surface area (Å²) < 4.78 is 1.52. The van der Waals surface area contributed by atoms with Gasteiger partial charge in [0.05, 0.1) is 6.61 Å². The van der Waals surface area contributed by atoms with Crippen LogP contribution in [0, 0.1) is 0 Å². The summed E-state index contributed by atoms with van der Waals surface area (Å²) in [5.74, 6) is -0.178. The third kappa shape index (κ3) is 2.57. The molecule has 1 aromatic heterocycles. The minimum atomic E-state index is -0.178. The lowest BCUT2D eigenvalue weighted by atomic mass is 10.1. The Labute approximate surface area is 105 Å². The molecule has 1 aromatic carbocycles. The van der Waals surface area contributed by atoms with E-state index >= 15 is 0 Å². The molecule has 5 nitrogen and oxygen atoms in total. The fourth-order valence-electron chi connectivity index (χ4n) is 1.75. The summed E-state index contributed by atoms with van der Waals surface area (Å²) in [6.45, 7) is 0.360. The summed E-state index contributed by atoms with van der Waals surface area (Å²) in [6, 6.07) is 9.12. The minimum Gasteiger partial charge on any atom is -0.392 e. The maximum atomic E-state index is 11.9. The quantitative estimate of drug-likeness (QED) is 0.839. The van der Waals surface area contributed by atoms with E-state index in [4.69, 9.17) is 0 Å². The molecule has 0 fully saturated rings. The number of aryl methyl sites for hydroxylation is 1. The van der Waals surface area contributed by atoms with Crippen molar-refractivity contribution in [3.8, 4) is 0 Å². The first-order valence-electron chi connectivity index (χ1n) is 5.66. The van der Waals surface area contributed by atoms with Gasteiger partial charge in [-0.05, 0) is 17.2 Å². The number of hydrogen-bond donors (Lipinski definition) is 2. The van der Waals surface area contributed by atoms with Crippen molar-refractivity contribution in [2.45, 2.75) is 13.2 Å². The second kappa shape index (κ2) is 5.46. The van der Waals surface area contributed by atoms with Gasteiger partial charge in [0.15, 0.2) is 0 Å². The van der Waals surface area contributed by atoms with E-state index in [0.29, 0.717) is 12.2 Å². The summed E-state index contributed by atoms with van der Waals surface area (Å²) in [4.78, 5) is 11.9. The molecular formula is C13H15N3O2. The van der Waals surface area contributed by atoms with Crippen molar-refractivity contribution in [3.05, 3.63) is 53.3 Å². The number of aliphatic hydroxyl groups excluding tert-OH is 1. The Morgan fingerprint density at radius 2 is 2.06 bits per heavy atom. The highest BCUT2D eigenvalue weighted by Gasteiger charge is 2.09.